The van der Waals surface area contributed by atoms with E-state index in [0.717, 1.165) is 35.7 Å². The van der Waals surface area contributed by atoms with Gasteiger partial charge in [0.25, 0.3) is 0 Å². The Kier molecular flexibility index (Phi) is 4.07. The molecule has 0 saturated carbocycles. The highest BCUT2D eigenvalue weighted by molar-refractivity contribution is 8.12. The van der Waals surface area contributed by atoms with Crippen LogP contribution in [0.4, 0.5) is 0 Å². The zero-order valence-electron chi connectivity index (χ0n) is 10.5. The first-order chi connectivity index (χ1) is 9.24. The van der Waals surface area contributed by atoms with E-state index in [1.165, 1.54) is 20.9 Å². The van der Waals surface area contributed by atoms with Crippen LogP contribution in [0.25, 0.3) is 4.91 Å². The highest BCUT2D eigenvalue weighted by Crippen LogP contribution is 2.46. The Morgan fingerprint density at radius 2 is 1.58 bits per heavy atom. The van der Waals surface area contributed by atoms with Crippen molar-refractivity contribution in [2.75, 3.05) is 0 Å². The van der Waals surface area contributed by atoms with Crippen LogP contribution in [-0.2, 0) is 0 Å². The Labute approximate surface area is 128 Å². The Morgan fingerprint density at radius 1 is 0.895 bits per heavy atom. The van der Waals surface area contributed by atoms with Crippen LogP contribution in [0.2, 0.25) is 5.02 Å². The van der Waals surface area contributed by atoms with Gasteiger partial charge in [0.15, 0.2) is 0 Å². The van der Waals surface area contributed by atoms with Gasteiger partial charge in [-0.05, 0) is 43.4 Å². The molecule has 2 aliphatic rings. The molecule has 98 valence electrons. The van der Waals surface area contributed by atoms with Gasteiger partial charge in [-0.25, -0.2) is 0 Å². The molecule has 19 heavy (non-hydrogen) atoms. The first kappa shape index (κ1) is 13.4. The summed E-state index contributed by atoms with van der Waals surface area (Å²) in [4.78, 5) is 2.56. The van der Waals surface area contributed by atoms with Crippen LogP contribution in [0.5, 0.6) is 0 Å². The molecule has 0 saturated heterocycles. The number of allylic oxidation sites excluding steroid dienone is 4. The lowest BCUT2D eigenvalue weighted by atomic mass is 10.00. The number of thioether (sulfide) groups is 1. The van der Waals surface area contributed by atoms with Crippen LogP contribution in [-0.4, -0.2) is 0 Å². The minimum atomic E-state index is 0.776. The number of hydrogen-bond donors (Lipinski definition) is 0. The third kappa shape index (κ3) is 2.94. The van der Waals surface area contributed by atoms with Crippen molar-refractivity contribution in [2.24, 2.45) is 0 Å². The number of rotatable bonds is 1. The molecule has 1 aromatic carbocycles. The molecule has 3 rings (SSSR count). The second-order valence-corrected chi connectivity index (χ2v) is 6.64. The van der Waals surface area contributed by atoms with Crippen molar-refractivity contribution >= 4 is 39.9 Å². The highest BCUT2D eigenvalue weighted by Gasteiger charge is 2.19. The molecular weight excluding hydrogens is 295 g/mol. The van der Waals surface area contributed by atoms with Crippen molar-refractivity contribution in [1.29, 1.82) is 0 Å². The molecule has 0 N–H and O–H groups in total. The van der Waals surface area contributed by atoms with Gasteiger partial charge in [0.2, 0.25) is 0 Å². The van der Waals surface area contributed by atoms with Crippen LogP contribution in [0.1, 0.15) is 31.2 Å². The van der Waals surface area contributed by atoms with Gasteiger partial charge in [0.1, 0.15) is 0 Å². The maximum Gasteiger partial charge on any atom is 0.0505 e. The van der Waals surface area contributed by atoms with Crippen LogP contribution >= 0.6 is 35.0 Å². The van der Waals surface area contributed by atoms with Gasteiger partial charge >= 0.3 is 0 Å². The number of benzene rings is 1. The van der Waals surface area contributed by atoms with Crippen molar-refractivity contribution in [3.63, 3.8) is 0 Å². The normalized spacial score (nSPS) is 19.5. The van der Waals surface area contributed by atoms with E-state index >= 15 is 0 Å². The summed E-state index contributed by atoms with van der Waals surface area (Å²) in [6.07, 6.45) is 8.90. The molecule has 0 amide bonds. The van der Waals surface area contributed by atoms with Gasteiger partial charge in [0.05, 0.1) is 5.03 Å². The summed E-state index contributed by atoms with van der Waals surface area (Å²) in [6.45, 7) is 0. The van der Waals surface area contributed by atoms with Crippen molar-refractivity contribution < 1.29 is 0 Å². The Hall–Kier alpha value is -0.630. The summed E-state index contributed by atoms with van der Waals surface area (Å²) in [7, 11) is 0. The fraction of sp³-hybridized carbons (Fsp3) is 0.250. The number of halogens is 2. The molecule has 0 radical (unpaired) electrons. The first-order valence-electron chi connectivity index (χ1n) is 6.46. The fourth-order valence-electron chi connectivity index (χ4n) is 2.43. The van der Waals surface area contributed by atoms with Gasteiger partial charge in [-0.1, -0.05) is 64.8 Å². The summed E-state index contributed by atoms with van der Waals surface area (Å²) >= 11 is 14.1. The maximum absolute atomic E-state index is 6.37. The Bertz CT molecular complexity index is 579. The zero-order valence-corrected chi connectivity index (χ0v) is 12.8. The second kappa shape index (κ2) is 5.78. The predicted octanol–water partition coefficient (Wildman–Crippen LogP) is 6.38. The van der Waals surface area contributed by atoms with E-state index in [4.69, 9.17) is 23.2 Å². The Balaban J connectivity index is 1.92. The molecule has 0 spiro atoms. The van der Waals surface area contributed by atoms with Gasteiger partial charge in [-0.15, -0.1) is 0 Å². The molecule has 1 aromatic rings. The van der Waals surface area contributed by atoms with E-state index < -0.39 is 0 Å². The monoisotopic (exact) mass is 308 g/mol. The smallest absolute Gasteiger partial charge is 0.0505 e. The van der Waals surface area contributed by atoms with Crippen molar-refractivity contribution in [1.82, 2.24) is 0 Å². The summed E-state index contributed by atoms with van der Waals surface area (Å²) in [5, 5.41) is 1.70. The molecule has 0 aromatic heterocycles. The van der Waals surface area contributed by atoms with E-state index in [9.17, 15) is 0 Å². The second-order valence-electron chi connectivity index (χ2n) is 4.74. The van der Waals surface area contributed by atoms with Gasteiger partial charge in [0, 0.05) is 14.8 Å². The summed E-state index contributed by atoms with van der Waals surface area (Å²) < 4.78 is 0. The average molecular weight is 309 g/mol. The molecule has 0 atom stereocenters. The lowest BCUT2D eigenvalue weighted by Crippen LogP contribution is -1.94. The van der Waals surface area contributed by atoms with E-state index in [1.54, 1.807) is 11.8 Å². The molecule has 0 nitrogen and oxygen atoms in total. The highest BCUT2D eigenvalue weighted by atomic mass is 35.5. The van der Waals surface area contributed by atoms with Crippen LogP contribution in [0.15, 0.2) is 51.9 Å². The molecule has 1 aliphatic carbocycles. The van der Waals surface area contributed by atoms with Crippen LogP contribution in [0, 0.1) is 0 Å². The number of hydrogen-bond acceptors (Lipinski definition) is 1. The van der Waals surface area contributed by atoms with Crippen molar-refractivity contribution in [3.05, 3.63) is 62.5 Å². The van der Waals surface area contributed by atoms with Gasteiger partial charge < -0.3 is 0 Å². The molecule has 0 bridgehead atoms. The SMILES string of the molecule is ClC1=CCCC2=C1SC(c1ccc(Cl)cc1)=CCC2. The Morgan fingerprint density at radius 3 is 2.32 bits per heavy atom. The van der Waals surface area contributed by atoms with E-state index in [1.807, 2.05) is 12.1 Å². The summed E-state index contributed by atoms with van der Waals surface area (Å²) in [5.41, 5.74) is 2.73. The molecule has 1 heterocycles. The largest absolute Gasteiger partial charge is 0.0883 e. The van der Waals surface area contributed by atoms with E-state index in [-0.39, 0.29) is 0 Å². The predicted molar refractivity (Wildman–Crippen MR) is 86.5 cm³/mol. The van der Waals surface area contributed by atoms with Gasteiger partial charge in [-0.3, -0.25) is 0 Å². The summed E-state index contributed by atoms with van der Waals surface area (Å²) in [5.74, 6) is 0. The minimum absolute atomic E-state index is 0.776. The topological polar surface area (TPSA) is 0 Å². The van der Waals surface area contributed by atoms with Crippen molar-refractivity contribution in [3.8, 4) is 0 Å². The first-order valence-corrected chi connectivity index (χ1v) is 8.03. The van der Waals surface area contributed by atoms with Crippen LogP contribution < -0.4 is 0 Å². The summed E-state index contributed by atoms with van der Waals surface area (Å²) in [6, 6.07) is 8.04. The lowest BCUT2D eigenvalue weighted by molar-refractivity contribution is 0.851. The zero-order chi connectivity index (χ0) is 13.2. The third-order valence-corrected chi connectivity index (χ3v) is 5.47. The maximum atomic E-state index is 6.37. The van der Waals surface area contributed by atoms with E-state index in [0.29, 0.717) is 0 Å². The molecule has 0 unspecified atom stereocenters. The molecular formula is C16H14Cl2S. The average Bonchev–Trinajstić information content (AvgIpc) is 2.63. The minimum Gasteiger partial charge on any atom is -0.0883 e. The quantitative estimate of drug-likeness (QED) is 0.580. The van der Waals surface area contributed by atoms with Crippen molar-refractivity contribution in [2.45, 2.75) is 25.7 Å². The van der Waals surface area contributed by atoms with Gasteiger partial charge in [-0.2, -0.15) is 0 Å². The molecule has 0 fully saturated rings. The standard InChI is InChI=1S/C16H14Cl2S/c17-13-9-7-11(8-10-13)15-6-2-4-12-3-1-5-14(18)16(12)19-15/h5-10H,1-4H2. The molecule has 3 heteroatoms. The fourth-order valence-corrected chi connectivity index (χ4v) is 4.12. The third-order valence-electron chi connectivity index (χ3n) is 3.42. The van der Waals surface area contributed by atoms with E-state index in [2.05, 4.69) is 24.3 Å². The molecule has 1 aliphatic heterocycles. The lowest BCUT2D eigenvalue weighted by Gasteiger charge is -2.17. The van der Waals surface area contributed by atoms with Crippen LogP contribution in [0.3, 0.4) is 0 Å².